The second kappa shape index (κ2) is 6.34. The first-order chi connectivity index (χ1) is 10.1. The molecule has 0 aliphatic carbocycles. The van der Waals surface area contributed by atoms with Crippen molar-refractivity contribution in [2.75, 3.05) is 0 Å². The lowest BCUT2D eigenvalue weighted by Gasteiger charge is -2.77. The Hall–Kier alpha value is 1.14. The standard InChI is InChI=1S/C14H44N4Si6/c1-19(2,3)15-23(13)17(21(7,8)9)24(14,16-20(4,5)6)18(23)22(10,11)12/h15-16H,1-14H3. The monoisotopic (exact) mass is 436 g/mol. The number of rotatable bonds is 6. The van der Waals surface area contributed by atoms with E-state index < -0.39 is 50.1 Å². The normalized spacial score (nSPS) is 31.2. The summed E-state index contributed by atoms with van der Waals surface area (Å²) in [6.45, 7) is 35.4. The molecule has 1 saturated heterocycles. The summed E-state index contributed by atoms with van der Waals surface area (Å²) in [6.07, 6.45) is 0. The van der Waals surface area contributed by atoms with Crippen molar-refractivity contribution in [3.05, 3.63) is 0 Å². The molecule has 0 aromatic heterocycles. The van der Waals surface area contributed by atoms with E-state index in [9.17, 15) is 0 Å². The molecule has 4 nitrogen and oxygen atoms in total. The van der Waals surface area contributed by atoms with Crippen molar-refractivity contribution in [1.29, 1.82) is 0 Å². The van der Waals surface area contributed by atoms with Gasteiger partial charge < -0.3 is 17.1 Å². The summed E-state index contributed by atoms with van der Waals surface area (Å²) in [4.78, 5) is 0. The molecule has 0 aromatic carbocycles. The predicted molar refractivity (Wildman–Crippen MR) is 127 cm³/mol. The highest BCUT2D eigenvalue weighted by atomic mass is 28.6. The Bertz CT molecular complexity index is 420. The van der Waals surface area contributed by atoms with Crippen molar-refractivity contribution in [1.82, 2.24) is 17.1 Å². The molecular weight excluding hydrogens is 393 g/mol. The van der Waals surface area contributed by atoms with Crippen molar-refractivity contribution >= 4 is 50.1 Å². The number of hydrogen-bond donors (Lipinski definition) is 2. The third-order valence-corrected chi connectivity index (χ3v) is 38.8. The molecule has 1 aliphatic heterocycles. The second-order valence-electron chi connectivity index (χ2n) is 11.8. The van der Waals surface area contributed by atoms with Crippen LogP contribution in [0, 0.1) is 0 Å². The Morgan fingerprint density at radius 1 is 0.500 bits per heavy atom. The third-order valence-electron chi connectivity index (χ3n) is 4.31. The molecule has 0 bridgehead atoms. The molecule has 1 fully saturated rings. The first-order valence-electron chi connectivity index (χ1n) is 9.34. The molecule has 1 aliphatic rings. The number of nitrogens with zero attached hydrogens (tertiary/aromatic N) is 2. The molecule has 1 rings (SSSR count). The molecule has 1 heterocycles. The van der Waals surface area contributed by atoms with Crippen LogP contribution < -0.4 is 9.30 Å². The summed E-state index contributed by atoms with van der Waals surface area (Å²) in [6, 6.07) is 0. The van der Waals surface area contributed by atoms with Crippen LogP contribution in [0.5, 0.6) is 0 Å². The smallest absolute Gasteiger partial charge is 0.254 e. The summed E-state index contributed by atoms with van der Waals surface area (Å²) in [5.74, 6) is 0. The van der Waals surface area contributed by atoms with E-state index in [2.05, 4.69) is 109 Å². The highest BCUT2D eigenvalue weighted by molar-refractivity contribution is 7.22. The van der Waals surface area contributed by atoms with E-state index in [0.29, 0.717) is 0 Å². The Kier molecular flexibility index (Phi) is 6.13. The van der Waals surface area contributed by atoms with E-state index in [-0.39, 0.29) is 0 Å². The fourth-order valence-corrected chi connectivity index (χ4v) is 54.1. The minimum atomic E-state index is -1.77. The molecular formula is C14H44N4Si6. The van der Waals surface area contributed by atoms with Gasteiger partial charge in [-0.15, -0.1) is 0 Å². The minimum Gasteiger partial charge on any atom is -0.336 e. The molecule has 0 radical (unpaired) electrons. The van der Waals surface area contributed by atoms with E-state index in [4.69, 9.17) is 0 Å². The van der Waals surface area contributed by atoms with Gasteiger partial charge in [-0.2, -0.15) is 0 Å². The zero-order chi connectivity index (χ0) is 19.6. The summed E-state index contributed by atoms with van der Waals surface area (Å²) in [7, 11) is -9.06. The van der Waals surface area contributed by atoms with Gasteiger partial charge in [0.1, 0.15) is 32.9 Å². The quantitative estimate of drug-likeness (QED) is 0.609. The van der Waals surface area contributed by atoms with Crippen LogP contribution in [0.1, 0.15) is 0 Å². The first kappa shape index (κ1) is 23.2. The van der Waals surface area contributed by atoms with Crippen LogP contribution in [0.15, 0.2) is 0 Å². The maximum atomic E-state index is 4.30. The topological polar surface area (TPSA) is 30.5 Å². The molecule has 2 N–H and O–H groups in total. The fraction of sp³-hybridized carbons (Fsp3) is 1.00. The van der Waals surface area contributed by atoms with Crippen LogP contribution in [-0.2, 0) is 0 Å². The Labute approximate surface area is 158 Å². The van der Waals surface area contributed by atoms with Gasteiger partial charge in [0.25, 0.3) is 17.1 Å². The molecule has 0 saturated carbocycles. The molecule has 0 aromatic rings. The lowest BCUT2D eigenvalue weighted by molar-refractivity contribution is 0.570. The lowest BCUT2D eigenvalue weighted by Crippen LogP contribution is -3.07. The summed E-state index contributed by atoms with van der Waals surface area (Å²) >= 11 is 0. The van der Waals surface area contributed by atoms with E-state index in [0.717, 1.165) is 0 Å². The van der Waals surface area contributed by atoms with Gasteiger partial charge in [-0.05, 0) is 13.1 Å². The van der Waals surface area contributed by atoms with Gasteiger partial charge >= 0.3 is 0 Å². The molecule has 0 atom stereocenters. The van der Waals surface area contributed by atoms with Gasteiger partial charge in [0.2, 0.25) is 0 Å². The summed E-state index contributed by atoms with van der Waals surface area (Å²) < 4.78 is 14.8. The van der Waals surface area contributed by atoms with Gasteiger partial charge in [0.15, 0.2) is 0 Å². The summed E-state index contributed by atoms with van der Waals surface area (Å²) in [5.41, 5.74) is 0. The molecule has 0 amide bonds. The largest absolute Gasteiger partial charge is 0.336 e. The summed E-state index contributed by atoms with van der Waals surface area (Å²) in [5, 5.41) is 0. The average molecular weight is 437 g/mol. The zero-order valence-corrected chi connectivity index (χ0v) is 24.9. The predicted octanol–water partition coefficient (Wildman–Crippen LogP) is 4.26. The zero-order valence-electron chi connectivity index (χ0n) is 18.9. The van der Waals surface area contributed by atoms with E-state index >= 15 is 0 Å². The Morgan fingerprint density at radius 2 is 0.708 bits per heavy atom. The van der Waals surface area contributed by atoms with Crippen LogP contribution in [0.25, 0.3) is 0 Å². The van der Waals surface area contributed by atoms with Crippen LogP contribution in [0.2, 0.25) is 91.7 Å². The highest BCUT2D eigenvalue weighted by Crippen LogP contribution is 2.44. The molecule has 144 valence electrons. The first-order valence-corrected chi connectivity index (χ1v) is 28.0. The van der Waals surface area contributed by atoms with Crippen molar-refractivity contribution in [2.45, 2.75) is 91.7 Å². The van der Waals surface area contributed by atoms with Crippen molar-refractivity contribution in [3.8, 4) is 0 Å². The third kappa shape index (κ3) is 4.70. The Balaban J connectivity index is 3.52. The van der Waals surface area contributed by atoms with Crippen LogP contribution in [0.4, 0.5) is 0 Å². The molecule has 10 heteroatoms. The van der Waals surface area contributed by atoms with Crippen molar-refractivity contribution in [2.24, 2.45) is 0 Å². The van der Waals surface area contributed by atoms with Crippen LogP contribution in [0.3, 0.4) is 0 Å². The number of hydrogen-bond acceptors (Lipinski definition) is 4. The van der Waals surface area contributed by atoms with Crippen LogP contribution >= 0.6 is 0 Å². The van der Waals surface area contributed by atoms with Gasteiger partial charge in [0.05, 0.1) is 0 Å². The number of nitrogens with one attached hydrogen (secondary N) is 2. The second-order valence-corrected chi connectivity index (χ2v) is 40.9. The maximum Gasteiger partial charge on any atom is 0.254 e. The molecule has 24 heavy (non-hydrogen) atoms. The molecule has 0 unspecified atom stereocenters. The Morgan fingerprint density at radius 3 is 0.833 bits per heavy atom. The minimum absolute atomic E-state index is 1.35. The van der Waals surface area contributed by atoms with E-state index in [1.165, 1.54) is 0 Å². The highest BCUT2D eigenvalue weighted by Gasteiger charge is 2.73. The van der Waals surface area contributed by atoms with E-state index in [1.54, 1.807) is 0 Å². The lowest BCUT2D eigenvalue weighted by atomic mass is 11.8. The molecule has 0 spiro atoms. The van der Waals surface area contributed by atoms with E-state index in [1.807, 2.05) is 0 Å². The maximum absolute atomic E-state index is 4.30. The van der Waals surface area contributed by atoms with Gasteiger partial charge in [0, 0.05) is 0 Å². The van der Waals surface area contributed by atoms with Crippen molar-refractivity contribution < 1.29 is 0 Å². The van der Waals surface area contributed by atoms with Crippen molar-refractivity contribution in [3.63, 3.8) is 0 Å². The van der Waals surface area contributed by atoms with Gasteiger partial charge in [-0.1, -0.05) is 78.6 Å². The van der Waals surface area contributed by atoms with Gasteiger partial charge in [-0.25, -0.2) is 0 Å². The fourth-order valence-electron chi connectivity index (χ4n) is 5.26. The van der Waals surface area contributed by atoms with Gasteiger partial charge in [-0.3, -0.25) is 0 Å². The SMILES string of the molecule is C[Si](C)(C)N[Si]1(C)N([Si](C)(C)C)[Si](C)(N[Si](C)(C)C)N1[Si](C)(C)C. The average Bonchev–Trinajstić information content (AvgIpc) is 2.00. The van der Waals surface area contributed by atoms with Crippen LogP contribution in [-0.4, -0.2) is 57.9 Å².